The number of benzene rings is 2. The van der Waals surface area contributed by atoms with E-state index in [9.17, 15) is 0 Å². The molecule has 0 atom stereocenters. The van der Waals surface area contributed by atoms with Gasteiger partial charge in [0.25, 0.3) is 0 Å². The van der Waals surface area contributed by atoms with Crippen LogP contribution in [0.5, 0.6) is 0 Å². The van der Waals surface area contributed by atoms with Gasteiger partial charge in [-0.25, -0.2) is 0 Å². The van der Waals surface area contributed by atoms with E-state index in [1.54, 1.807) is 0 Å². The lowest BCUT2D eigenvalue weighted by Crippen LogP contribution is -2.44. The molecule has 2 aliphatic rings. The number of halogens is 1. The zero-order valence-electron chi connectivity index (χ0n) is 12.0. The van der Waals surface area contributed by atoms with Crippen molar-refractivity contribution in [1.29, 1.82) is 0 Å². The Balaban J connectivity index is 1.83. The number of hydrogen-bond donors (Lipinski definition) is 0. The molecule has 0 unspecified atom stereocenters. The Bertz CT molecular complexity index is 696. The summed E-state index contributed by atoms with van der Waals surface area (Å²) < 4.78 is 0. The molecule has 0 amide bonds. The van der Waals surface area contributed by atoms with E-state index in [1.165, 1.54) is 41.7 Å². The predicted molar refractivity (Wildman–Crippen MR) is 88.5 cm³/mol. The minimum Gasteiger partial charge on any atom is -0.288 e. The van der Waals surface area contributed by atoms with Gasteiger partial charge < -0.3 is 0 Å². The van der Waals surface area contributed by atoms with Gasteiger partial charge in [-0.05, 0) is 48.1 Å². The van der Waals surface area contributed by atoms with Crippen LogP contribution in [-0.2, 0) is 11.8 Å². The molecular formula is C19H18ClN. The fraction of sp³-hybridized carbons (Fsp3) is 0.316. The molecule has 0 radical (unpaired) electrons. The van der Waals surface area contributed by atoms with E-state index in [4.69, 9.17) is 16.6 Å². The summed E-state index contributed by atoms with van der Waals surface area (Å²) in [7, 11) is 0. The maximum atomic E-state index is 6.06. The smallest absolute Gasteiger partial charge is 0.0529 e. The third kappa shape index (κ3) is 2.03. The van der Waals surface area contributed by atoms with Crippen LogP contribution >= 0.6 is 11.6 Å². The molecule has 1 heterocycles. The summed E-state index contributed by atoms with van der Waals surface area (Å²) in [6.45, 7) is 0.918. The summed E-state index contributed by atoms with van der Waals surface area (Å²) in [5.41, 5.74) is 5.59. The van der Waals surface area contributed by atoms with Gasteiger partial charge in [-0.2, -0.15) is 0 Å². The van der Waals surface area contributed by atoms with Crippen molar-refractivity contribution in [2.75, 3.05) is 6.54 Å². The van der Waals surface area contributed by atoms with Gasteiger partial charge in [0.15, 0.2) is 0 Å². The van der Waals surface area contributed by atoms with Crippen LogP contribution in [-0.4, -0.2) is 12.3 Å². The van der Waals surface area contributed by atoms with Crippen LogP contribution in [0.25, 0.3) is 0 Å². The zero-order valence-corrected chi connectivity index (χ0v) is 12.7. The van der Waals surface area contributed by atoms with Crippen molar-refractivity contribution in [1.82, 2.24) is 0 Å². The van der Waals surface area contributed by atoms with E-state index >= 15 is 0 Å². The first kappa shape index (κ1) is 13.1. The molecule has 1 nitrogen and oxygen atoms in total. The molecule has 21 heavy (non-hydrogen) atoms. The molecule has 0 spiro atoms. The summed E-state index contributed by atoms with van der Waals surface area (Å²) in [5.74, 6) is 0. The van der Waals surface area contributed by atoms with Crippen molar-refractivity contribution < 1.29 is 0 Å². The summed E-state index contributed by atoms with van der Waals surface area (Å²) in [6, 6.07) is 17.1. The Morgan fingerprint density at radius 2 is 1.71 bits per heavy atom. The lowest BCUT2D eigenvalue weighted by Gasteiger charge is -2.45. The highest BCUT2D eigenvalue weighted by atomic mass is 35.5. The van der Waals surface area contributed by atoms with Crippen LogP contribution in [0.2, 0.25) is 5.02 Å². The standard InChI is InChI=1S/C19H18ClN/c20-16-8-6-15(7-9-16)19(11-3-12-19)18-17-5-2-1-4-14(17)10-13-21-18/h1-2,4-9H,3,10-13H2. The highest BCUT2D eigenvalue weighted by Crippen LogP contribution is 2.47. The highest BCUT2D eigenvalue weighted by Gasteiger charge is 2.44. The molecule has 0 aromatic heterocycles. The molecule has 1 fully saturated rings. The van der Waals surface area contributed by atoms with Gasteiger partial charge in [0, 0.05) is 17.0 Å². The molecule has 0 saturated heterocycles. The van der Waals surface area contributed by atoms with E-state index in [0.29, 0.717) is 0 Å². The minimum absolute atomic E-state index is 0.112. The lowest BCUT2D eigenvalue weighted by atomic mass is 9.59. The zero-order chi connectivity index (χ0) is 14.3. The average Bonchev–Trinajstić information content (AvgIpc) is 2.48. The number of fused-ring (bicyclic) bond motifs is 1. The first-order valence-corrected chi connectivity index (χ1v) is 8.07. The molecule has 106 valence electrons. The van der Waals surface area contributed by atoms with Gasteiger partial charge in [0.05, 0.1) is 5.71 Å². The summed E-state index contributed by atoms with van der Waals surface area (Å²) in [5, 5.41) is 0.805. The fourth-order valence-corrected chi connectivity index (χ4v) is 3.84. The van der Waals surface area contributed by atoms with E-state index in [1.807, 2.05) is 12.1 Å². The van der Waals surface area contributed by atoms with Crippen molar-refractivity contribution in [3.8, 4) is 0 Å². The van der Waals surface area contributed by atoms with Crippen LogP contribution in [0.15, 0.2) is 53.5 Å². The summed E-state index contributed by atoms with van der Waals surface area (Å²) in [4.78, 5) is 4.95. The molecule has 2 aromatic carbocycles. The molecule has 4 rings (SSSR count). The quantitative estimate of drug-likeness (QED) is 0.754. The molecule has 2 aromatic rings. The maximum absolute atomic E-state index is 6.06. The lowest BCUT2D eigenvalue weighted by molar-refractivity contribution is 0.340. The topological polar surface area (TPSA) is 12.4 Å². The first-order chi connectivity index (χ1) is 10.3. The largest absolute Gasteiger partial charge is 0.288 e. The highest BCUT2D eigenvalue weighted by molar-refractivity contribution is 6.30. The second kappa shape index (κ2) is 4.99. The van der Waals surface area contributed by atoms with E-state index in [0.717, 1.165) is 18.0 Å². The third-order valence-electron chi connectivity index (χ3n) is 4.98. The summed E-state index contributed by atoms with van der Waals surface area (Å²) in [6.07, 6.45) is 4.74. The molecule has 0 N–H and O–H groups in total. The Morgan fingerprint density at radius 1 is 0.952 bits per heavy atom. The molecule has 1 aliphatic heterocycles. The van der Waals surface area contributed by atoms with Crippen LogP contribution < -0.4 is 0 Å². The minimum atomic E-state index is 0.112. The summed E-state index contributed by atoms with van der Waals surface area (Å²) >= 11 is 6.06. The monoisotopic (exact) mass is 295 g/mol. The first-order valence-electron chi connectivity index (χ1n) is 7.69. The van der Waals surface area contributed by atoms with Crippen LogP contribution in [0.4, 0.5) is 0 Å². The molecule has 0 bridgehead atoms. The van der Waals surface area contributed by atoms with Crippen molar-refractivity contribution in [3.05, 3.63) is 70.2 Å². The second-order valence-electron chi connectivity index (χ2n) is 6.08. The third-order valence-corrected chi connectivity index (χ3v) is 5.23. The molecule has 1 aliphatic carbocycles. The van der Waals surface area contributed by atoms with E-state index in [2.05, 4.69) is 36.4 Å². The van der Waals surface area contributed by atoms with Gasteiger partial charge in [0.2, 0.25) is 0 Å². The van der Waals surface area contributed by atoms with Crippen LogP contribution in [0, 0.1) is 0 Å². The fourth-order valence-electron chi connectivity index (χ4n) is 3.71. The normalized spacial score (nSPS) is 19.4. The van der Waals surface area contributed by atoms with Gasteiger partial charge in [-0.3, -0.25) is 4.99 Å². The van der Waals surface area contributed by atoms with Crippen molar-refractivity contribution in [2.24, 2.45) is 4.99 Å². The maximum Gasteiger partial charge on any atom is 0.0529 e. The molecule has 1 saturated carbocycles. The van der Waals surface area contributed by atoms with Crippen LogP contribution in [0.3, 0.4) is 0 Å². The second-order valence-corrected chi connectivity index (χ2v) is 6.52. The van der Waals surface area contributed by atoms with Gasteiger partial charge in [-0.15, -0.1) is 0 Å². The Labute approximate surface area is 130 Å². The average molecular weight is 296 g/mol. The SMILES string of the molecule is Clc1ccc(C2(C3=NCCc4ccccc43)CCC2)cc1. The Kier molecular flexibility index (Phi) is 3.11. The Hall–Kier alpha value is -1.60. The number of rotatable bonds is 2. The van der Waals surface area contributed by atoms with Crippen LogP contribution in [0.1, 0.15) is 36.0 Å². The van der Waals surface area contributed by atoms with Crippen molar-refractivity contribution in [2.45, 2.75) is 31.1 Å². The van der Waals surface area contributed by atoms with E-state index < -0.39 is 0 Å². The van der Waals surface area contributed by atoms with E-state index in [-0.39, 0.29) is 5.41 Å². The van der Waals surface area contributed by atoms with Gasteiger partial charge >= 0.3 is 0 Å². The molecular weight excluding hydrogens is 278 g/mol. The number of nitrogens with zero attached hydrogens (tertiary/aromatic N) is 1. The predicted octanol–water partition coefficient (Wildman–Crippen LogP) is 4.81. The number of hydrogen-bond acceptors (Lipinski definition) is 1. The van der Waals surface area contributed by atoms with Gasteiger partial charge in [-0.1, -0.05) is 54.4 Å². The number of aliphatic imine (C=N–C) groups is 1. The van der Waals surface area contributed by atoms with Gasteiger partial charge in [0.1, 0.15) is 0 Å². The van der Waals surface area contributed by atoms with Crippen molar-refractivity contribution >= 4 is 17.3 Å². The molecule has 2 heteroatoms. The Morgan fingerprint density at radius 3 is 2.43 bits per heavy atom. The van der Waals surface area contributed by atoms with Crippen molar-refractivity contribution in [3.63, 3.8) is 0 Å².